The lowest BCUT2D eigenvalue weighted by Gasteiger charge is -2.16. The van der Waals surface area contributed by atoms with Gasteiger partial charge in [0.05, 0.1) is 6.61 Å². The van der Waals surface area contributed by atoms with Crippen LogP contribution in [-0.2, 0) is 9.53 Å². The molecular weight excluding hydrogens is 188 g/mol. The number of esters is 1. The molecule has 0 radical (unpaired) electrons. The first-order valence-corrected chi connectivity index (χ1v) is 5.56. The summed E-state index contributed by atoms with van der Waals surface area (Å²) in [4.78, 5) is 10.9. The third-order valence-corrected chi connectivity index (χ3v) is 2.41. The fourth-order valence-electron chi connectivity index (χ4n) is 1.02. The summed E-state index contributed by atoms with van der Waals surface area (Å²) in [5, 5.41) is 0. The molecule has 0 aliphatic heterocycles. The number of rotatable bonds is 6. The Morgan fingerprint density at radius 3 is 2.53 bits per heavy atom. The summed E-state index contributed by atoms with van der Waals surface area (Å²) in [5.41, 5.74) is 0. The third kappa shape index (κ3) is 6.95. The topological polar surface area (TPSA) is 26.3 Å². The summed E-state index contributed by atoms with van der Waals surface area (Å²) in [6.45, 7) is 8.52. The summed E-state index contributed by atoms with van der Waals surface area (Å²) in [6, 6.07) is 0. The summed E-state index contributed by atoms with van der Waals surface area (Å²) in [6.07, 6.45) is 8.61. The van der Waals surface area contributed by atoms with Crippen LogP contribution >= 0.6 is 0 Å². The van der Waals surface area contributed by atoms with Gasteiger partial charge in [-0.1, -0.05) is 45.1 Å². The van der Waals surface area contributed by atoms with Crippen molar-refractivity contribution in [1.29, 1.82) is 0 Å². The van der Waals surface area contributed by atoms with Gasteiger partial charge in [0.1, 0.15) is 0 Å². The van der Waals surface area contributed by atoms with Gasteiger partial charge in [0.2, 0.25) is 0 Å². The van der Waals surface area contributed by atoms with Crippen LogP contribution in [-0.4, -0.2) is 12.6 Å². The molecule has 0 rings (SSSR count). The largest absolute Gasteiger partial charge is 0.465 e. The second-order valence-corrected chi connectivity index (χ2v) is 3.78. The van der Waals surface area contributed by atoms with Gasteiger partial charge in [-0.15, -0.1) is 0 Å². The van der Waals surface area contributed by atoms with Gasteiger partial charge in [-0.25, -0.2) is 0 Å². The van der Waals surface area contributed by atoms with Gasteiger partial charge in [0.25, 0.3) is 0 Å². The number of allylic oxidation sites excluding steroid dienone is 4. The zero-order chi connectivity index (χ0) is 11.7. The summed E-state index contributed by atoms with van der Waals surface area (Å²) in [5.74, 6) is 0.666. The Balaban J connectivity index is 3.88. The number of hydrogen-bond acceptors (Lipinski definition) is 2. The van der Waals surface area contributed by atoms with E-state index in [9.17, 15) is 4.79 Å². The van der Waals surface area contributed by atoms with Gasteiger partial charge in [-0.2, -0.15) is 0 Å². The Labute approximate surface area is 93.0 Å². The predicted molar refractivity (Wildman–Crippen MR) is 63.5 cm³/mol. The smallest absolute Gasteiger partial charge is 0.305 e. The number of carbonyl (C=O) groups excluding carboxylic acids is 1. The minimum absolute atomic E-state index is 0.119. The molecule has 0 saturated heterocycles. The number of carbonyl (C=O) groups is 1. The van der Waals surface area contributed by atoms with Crippen LogP contribution in [0.2, 0.25) is 0 Å². The first kappa shape index (κ1) is 13.9. The second-order valence-electron chi connectivity index (χ2n) is 3.78. The average molecular weight is 210 g/mol. The molecule has 0 heterocycles. The van der Waals surface area contributed by atoms with Crippen molar-refractivity contribution >= 4 is 5.97 Å². The van der Waals surface area contributed by atoms with Crippen LogP contribution in [0.3, 0.4) is 0 Å². The molecule has 0 aliphatic rings. The van der Waals surface area contributed by atoms with Crippen LogP contribution in [0.4, 0.5) is 0 Å². The van der Waals surface area contributed by atoms with Gasteiger partial charge in [-0.3, -0.25) is 4.79 Å². The maximum atomic E-state index is 10.9. The highest BCUT2D eigenvalue weighted by Crippen LogP contribution is 2.13. The van der Waals surface area contributed by atoms with Crippen LogP contribution in [0.25, 0.3) is 0 Å². The van der Waals surface area contributed by atoms with Crippen LogP contribution in [0.15, 0.2) is 24.3 Å². The first-order valence-electron chi connectivity index (χ1n) is 5.56. The van der Waals surface area contributed by atoms with E-state index in [0.29, 0.717) is 24.9 Å². The molecule has 15 heavy (non-hydrogen) atoms. The molecule has 2 atom stereocenters. The van der Waals surface area contributed by atoms with E-state index in [1.165, 1.54) is 0 Å². The minimum Gasteiger partial charge on any atom is -0.465 e. The van der Waals surface area contributed by atoms with E-state index in [1.807, 2.05) is 32.1 Å². The van der Waals surface area contributed by atoms with Crippen LogP contribution in [0, 0.1) is 11.8 Å². The maximum absolute atomic E-state index is 10.9. The Morgan fingerprint density at radius 2 is 2.00 bits per heavy atom. The van der Waals surface area contributed by atoms with Crippen molar-refractivity contribution in [3.63, 3.8) is 0 Å². The lowest BCUT2D eigenvalue weighted by atomic mass is 9.96. The molecule has 2 heteroatoms. The predicted octanol–water partition coefficient (Wildman–Crippen LogP) is 3.34. The number of ether oxygens (including phenoxy) is 1. The van der Waals surface area contributed by atoms with Crippen molar-refractivity contribution in [2.24, 2.45) is 11.8 Å². The zero-order valence-corrected chi connectivity index (χ0v) is 10.2. The highest BCUT2D eigenvalue weighted by molar-refractivity contribution is 5.68. The Hall–Kier alpha value is -1.05. The Morgan fingerprint density at radius 1 is 1.33 bits per heavy atom. The van der Waals surface area contributed by atoms with Crippen LogP contribution < -0.4 is 0 Å². The summed E-state index contributed by atoms with van der Waals surface area (Å²) >= 11 is 0. The van der Waals surface area contributed by atoms with Crippen molar-refractivity contribution in [2.75, 3.05) is 6.61 Å². The average Bonchev–Trinajstić information content (AvgIpc) is 2.25. The van der Waals surface area contributed by atoms with E-state index in [2.05, 4.69) is 19.9 Å². The van der Waals surface area contributed by atoms with E-state index >= 15 is 0 Å². The molecule has 0 amide bonds. The number of hydrogen-bond donors (Lipinski definition) is 0. The molecule has 0 fully saturated rings. The molecule has 2 unspecified atom stereocenters. The molecule has 0 bridgehead atoms. The Kier molecular flexibility index (Phi) is 7.69. The van der Waals surface area contributed by atoms with Gasteiger partial charge < -0.3 is 4.74 Å². The van der Waals surface area contributed by atoms with E-state index in [-0.39, 0.29) is 5.97 Å². The standard InChI is InChI=1S/C13H22O2/c1-5-7-8-9-11(3)12(4)10-15-13(14)6-2/h5,7-9,11-12H,6,10H2,1-4H3/b7-5+,9-8+. The first-order chi connectivity index (χ1) is 7.11. The van der Waals surface area contributed by atoms with Crippen LogP contribution in [0.5, 0.6) is 0 Å². The second kappa shape index (κ2) is 8.27. The van der Waals surface area contributed by atoms with E-state index in [4.69, 9.17) is 4.74 Å². The van der Waals surface area contributed by atoms with Crippen molar-refractivity contribution in [3.8, 4) is 0 Å². The Bertz CT molecular complexity index is 229. The van der Waals surface area contributed by atoms with E-state index < -0.39 is 0 Å². The normalized spacial score (nSPS) is 15.7. The molecule has 0 N–H and O–H groups in total. The molecule has 86 valence electrons. The van der Waals surface area contributed by atoms with Gasteiger partial charge in [0.15, 0.2) is 0 Å². The molecular formula is C13H22O2. The van der Waals surface area contributed by atoms with E-state index in [0.717, 1.165) is 0 Å². The third-order valence-electron chi connectivity index (χ3n) is 2.41. The summed E-state index contributed by atoms with van der Waals surface area (Å²) < 4.78 is 5.09. The molecule has 0 saturated carbocycles. The van der Waals surface area contributed by atoms with Gasteiger partial charge in [0, 0.05) is 6.42 Å². The lowest BCUT2D eigenvalue weighted by Crippen LogP contribution is -2.16. The molecule has 2 nitrogen and oxygen atoms in total. The van der Waals surface area contributed by atoms with Crippen molar-refractivity contribution in [1.82, 2.24) is 0 Å². The van der Waals surface area contributed by atoms with Crippen molar-refractivity contribution in [3.05, 3.63) is 24.3 Å². The van der Waals surface area contributed by atoms with Crippen LogP contribution in [0.1, 0.15) is 34.1 Å². The molecule has 0 aliphatic carbocycles. The molecule has 0 aromatic carbocycles. The quantitative estimate of drug-likeness (QED) is 0.496. The highest BCUT2D eigenvalue weighted by atomic mass is 16.5. The van der Waals surface area contributed by atoms with Gasteiger partial charge >= 0.3 is 5.97 Å². The fraction of sp³-hybridized carbons (Fsp3) is 0.615. The molecule has 0 spiro atoms. The summed E-state index contributed by atoms with van der Waals surface area (Å²) in [7, 11) is 0. The monoisotopic (exact) mass is 210 g/mol. The fourth-order valence-corrected chi connectivity index (χ4v) is 1.02. The minimum atomic E-state index is -0.119. The molecule has 0 aromatic rings. The highest BCUT2D eigenvalue weighted by Gasteiger charge is 2.10. The zero-order valence-electron chi connectivity index (χ0n) is 10.2. The van der Waals surface area contributed by atoms with Crippen molar-refractivity contribution < 1.29 is 9.53 Å². The van der Waals surface area contributed by atoms with Crippen molar-refractivity contribution in [2.45, 2.75) is 34.1 Å². The lowest BCUT2D eigenvalue weighted by molar-refractivity contribution is -0.144. The molecule has 0 aromatic heterocycles. The SMILES string of the molecule is C/C=C/C=C/C(C)C(C)COC(=O)CC. The van der Waals surface area contributed by atoms with E-state index in [1.54, 1.807) is 0 Å². The maximum Gasteiger partial charge on any atom is 0.305 e. The van der Waals surface area contributed by atoms with Gasteiger partial charge in [-0.05, 0) is 18.8 Å².